The largest absolute Gasteiger partial charge is 0.311 e. The number of aryl methyl sites for hydroxylation is 1. The van der Waals surface area contributed by atoms with Crippen LogP contribution in [-0.4, -0.2) is 17.7 Å². The lowest BCUT2D eigenvalue weighted by atomic mass is 10.1. The second kappa shape index (κ2) is 7.32. The Morgan fingerprint density at radius 2 is 1.71 bits per heavy atom. The van der Waals surface area contributed by atoms with Crippen molar-refractivity contribution in [3.05, 3.63) is 65.7 Å². The van der Waals surface area contributed by atoms with Gasteiger partial charge in [0.1, 0.15) is 0 Å². The highest BCUT2D eigenvalue weighted by Crippen LogP contribution is 2.22. The number of amides is 1. The summed E-state index contributed by atoms with van der Waals surface area (Å²) in [6.07, 6.45) is 0.644. The standard InChI is InChI=1S/C18H21NOS/c1-3-19(16-12-8-7-9-14(16)2)18(20)17(21)13-15-10-5-4-6-11-15/h4-12,17,21H,3,13H2,1-2H3. The van der Waals surface area contributed by atoms with Gasteiger partial charge >= 0.3 is 0 Å². The normalized spacial score (nSPS) is 12.0. The Bertz CT molecular complexity index is 597. The van der Waals surface area contributed by atoms with E-state index in [1.165, 1.54) is 0 Å². The fourth-order valence-corrected chi connectivity index (χ4v) is 2.77. The summed E-state index contributed by atoms with van der Waals surface area (Å²) < 4.78 is 0. The maximum atomic E-state index is 12.7. The van der Waals surface area contributed by atoms with Crippen LogP contribution >= 0.6 is 12.6 Å². The van der Waals surface area contributed by atoms with E-state index in [-0.39, 0.29) is 11.2 Å². The van der Waals surface area contributed by atoms with Crippen LogP contribution in [0.1, 0.15) is 18.1 Å². The van der Waals surface area contributed by atoms with Gasteiger partial charge in [0.05, 0.1) is 5.25 Å². The SMILES string of the molecule is CCN(C(=O)C(S)Cc1ccccc1)c1ccccc1C. The fraction of sp³-hybridized carbons (Fsp3) is 0.278. The molecule has 0 radical (unpaired) electrons. The molecule has 1 unspecified atom stereocenters. The van der Waals surface area contributed by atoms with Crippen LogP contribution in [0.15, 0.2) is 54.6 Å². The van der Waals surface area contributed by atoms with E-state index >= 15 is 0 Å². The molecule has 0 saturated heterocycles. The molecule has 0 aliphatic rings. The number of para-hydroxylation sites is 1. The summed E-state index contributed by atoms with van der Waals surface area (Å²) in [5.74, 6) is 0.0546. The third-order valence-corrected chi connectivity index (χ3v) is 3.95. The molecule has 0 fully saturated rings. The summed E-state index contributed by atoms with van der Waals surface area (Å²) in [5, 5.41) is -0.327. The molecule has 3 heteroatoms. The van der Waals surface area contributed by atoms with E-state index in [2.05, 4.69) is 12.6 Å². The number of nitrogens with zero attached hydrogens (tertiary/aromatic N) is 1. The zero-order chi connectivity index (χ0) is 15.2. The van der Waals surface area contributed by atoms with Crippen LogP contribution in [0.2, 0.25) is 0 Å². The summed E-state index contributed by atoms with van der Waals surface area (Å²) in [7, 11) is 0. The lowest BCUT2D eigenvalue weighted by Gasteiger charge is -2.25. The molecule has 1 amide bonds. The van der Waals surface area contributed by atoms with E-state index in [4.69, 9.17) is 0 Å². The molecule has 0 aromatic heterocycles. The van der Waals surface area contributed by atoms with Gasteiger partial charge in [-0.25, -0.2) is 0 Å². The summed E-state index contributed by atoms with van der Waals surface area (Å²) in [4.78, 5) is 14.5. The van der Waals surface area contributed by atoms with E-state index in [0.29, 0.717) is 13.0 Å². The van der Waals surface area contributed by atoms with Gasteiger partial charge < -0.3 is 4.90 Å². The van der Waals surface area contributed by atoms with Gasteiger partial charge in [0.15, 0.2) is 0 Å². The molecule has 0 aliphatic heterocycles. The number of carbonyl (C=O) groups excluding carboxylic acids is 1. The van der Waals surface area contributed by atoms with Gasteiger partial charge in [-0.3, -0.25) is 4.79 Å². The molecule has 0 aliphatic carbocycles. The Hall–Kier alpha value is -1.74. The molecule has 0 bridgehead atoms. The highest BCUT2D eigenvalue weighted by atomic mass is 32.1. The molecule has 0 saturated carbocycles. The predicted molar refractivity (Wildman–Crippen MR) is 92.1 cm³/mol. The van der Waals surface area contributed by atoms with E-state index in [1.54, 1.807) is 0 Å². The van der Waals surface area contributed by atoms with Gasteiger partial charge in [0, 0.05) is 12.2 Å². The molecule has 2 aromatic rings. The Balaban J connectivity index is 2.15. The molecule has 2 aromatic carbocycles. The lowest BCUT2D eigenvalue weighted by Crippen LogP contribution is -2.38. The van der Waals surface area contributed by atoms with E-state index < -0.39 is 0 Å². The minimum absolute atomic E-state index is 0.0546. The number of carbonyl (C=O) groups is 1. The zero-order valence-corrected chi connectivity index (χ0v) is 13.4. The number of anilines is 1. The monoisotopic (exact) mass is 299 g/mol. The van der Waals surface area contributed by atoms with E-state index in [0.717, 1.165) is 16.8 Å². The topological polar surface area (TPSA) is 20.3 Å². The first kappa shape index (κ1) is 15.6. The van der Waals surface area contributed by atoms with Crippen LogP contribution in [0.5, 0.6) is 0 Å². The van der Waals surface area contributed by atoms with Crippen molar-refractivity contribution >= 4 is 24.2 Å². The number of benzene rings is 2. The molecular formula is C18H21NOS. The van der Waals surface area contributed by atoms with Crippen LogP contribution in [0.25, 0.3) is 0 Å². The Morgan fingerprint density at radius 3 is 2.33 bits per heavy atom. The predicted octanol–water partition coefficient (Wildman–Crippen LogP) is 3.89. The van der Waals surface area contributed by atoms with Gasteiger partial charge in [-0.1, -0.05) is 48.5 Å². The van der Waals surface area contributed by atoms with Crippen molar-refractivity contribution in [2.75, 3.05) is 11.4 Å². The molecule has 21 heavy (non-hydrogen) atoms. The molecule has 0 spiro atoms. The maximum absolute atomic E-state index is 12.7. The third-order valence-electron chi connectivity index (χ3n) is 3.55. The van der Waals surface area contributed by atoms with Crippen LogP contribution in [0.4, 0.5) is 5.69 Å². The second-order valence-electron chi connectivity index (χ2n) is 5.07. The van der Waals surface area contributed by atoms with Crippen molar-refractivity contribution in [1.29, 1.82) is 0 Å². The summed E-state index contributed by atoms with van der Waals surface area (Å²) >= 11 is 4.52. The summed E-state index contributed by atoms with van der Waals surface area (Å²) in [6.45, 7) is 4.67. The first-order chi connectivity index (χ1) is 10.1. The van der Waals surface area contributed by atoms with Crippen molar-refractivity contribution < 1.29 is 4.79 Å². The van der Waals surface area contributed by atoms with Crippen LogP contribution < -0.4 is 4.90 Å². The molecule has 2 nitrogen and oxygen atoms in total. The lowest BCUT2D eigenvalue weighted by molar-refractivity contribution is -0.118. The number of hydrogen-bond acceptors (Lipinski definition) is 2. The fourth-order valence-electron chi connectivity index (χ4n) is 2.42. The third kappa shape index (κ3) is 3.88. The minimum atomic E-state index is -0.327. The van der Waals surface area contributed by atoms with Gasteiger partial charge in [-0.2, -0.15) is 12.6 Å². The first-order valence-electron chi connectivity index (χ1n) is 7.22. The average Bonchev–Trinajstić information content (AvgIpc) is 2.50. The zero-order valence-electron chi connectivity index (χ0n) is 12.5. The highest BCUT2D eigenvalue weighted by Gasteiger charge is 2.22. The Morgan fingerprint density at radius 1 is 1.10 bits per heavy atom. The highest BCUT2D eigenvalue weighted by molar-refractivity contribution is 7.81. The average molecular weight is 299 g/mol. The van der Waals surface area contributed by atoms with Crippen LogP contribution in [0, 0.1) is 6.92 Å². The second-order valence-corrected chi connectivity index (χ2v) is 5.70. The molecule has 0 N–H and O–H groups in total. The molecule has 0 heterocycles. The summed E-state index contributed by atoms with van der Waals surface area (Å²) in [6, 6.07) is 18.0. The Kier molecular flexibility index (Phi) is 5.45. The molecule has 2 rings (SSSR count). The Labute approximate surface area is 132 Å². The van der Waals surface area contributed by atoms with Crippen LogP contribution in [0.3, 0.4) is 0 Å². The smallest absolute Gasteiger partial charge is 0.240 e. The molecule has 110 valence electrons. The van der Waals surface area contributed by atoms with Crippen LogP contribution in [-0.2, 0) is 11.2 Å². The number of hydrogen-bond donors (Lipinski definition) is 1. The van der Waals surface area contributed by atoms with Gasteiger partial charge in [-0.15, -0.1) is 0 Å². The number of rotatable bonds is 5. The van der Waals surface area contributed by atoms with Gasteiger partial charge in [0.2, 0.25) is 5.91 Å². The maximum Gasteiger partial charge on any atom is 0.240 e. The first-order valence-corrected chi connectivity index (χ1v) is 7.74. The van der Waals surface area contributed by atoms with Gasteiger partial charge in [-0.05, 0) is 37.5 Å². The quantitative estimate of drug-likeness (QED) is 0.831. The van der Waals surface area contributed by atoms with Gasteiger partial charge in [0.25, 0.3) is 0 Å². The van der Waals surface area contributed by atoms with Crippen molar-refractivity contribution in [1.82, 2.24) is 0 Å². The summed E-state index contributed by atoms with van der Waals surface area (Å²) in [5.41, 5.74) is 3.21. The van der Waals surface area contributed by atoms with Crippen molar-refractivity contribution in [3.8, 4) is 0 Å². The number of thiol groups is 1. The van der Waals surface area contributed by atoms with Crippen molar-refractivity contribution in [3.63, 3.8) is 0 Å². The molecular weight excluding hydrogens is 278 g/mol. The molecule has 1 atom stereocenters. The van der Waals surface area contributed by atoms with E-state index in [1.807, 2.05) is 73.3 Å². The van der Waals surface area contributed by atoms with Crippen molar-refractivity contribution in [2.45, 2.75) is 25.5 Å². The van der Waals surface area contributed by atoms with E-state index in [9.17, 15) is 4.79 Å². The van der Waals surface area contributed by atoms with Crippen molar-refractivity contribution in [2.24, 2.45) is 0 Å². The minimum Gasteiger partial charge on any atom is -0.311 e.